The van der Waals surface area contributed by atoms with E-state index >= 15 is 0 Å². The maximum atomic E-state index is 9.75. The quantitative estimate of drug-likeness (QED) is 0.886. The van der Waals surface area contributed by atoms with E-state index in [1.165, 1.54) is 15.6 Å². The maximum Gasteiger partial charge on any atom is 0.0629 e. The van der Waals surface area contributed by atoms with Crippen LogP contribution in [0.2, 0.25) is 0 Å². The van der Waals surface area contributed by atoms with E-state index in [4.69, 9.17) is 0 Å². The fourth-order valence-corrected chi connectivity index (χ4v) is 3.67. The van der Waals surface area contributed by atoms with Gasteiger partial charge in [-0.2, -0.15) is 0 Å². The first-order valence-corrected chi connectivity index (χ1v) is 7.30. The first kappa shape index (κ1) is 12.1. The largest absolute Gasteiger partial charge is 0.394 e. The van der Waals surface area contributed by atoms with E-state index in [0.717, 1.165) is 26.2 Å². The molecule has 0 amide bonds. The molecule has 2 aromatic rings. The predicted molar refractivity (Wildman–Crippen MR) is 76.1 cm³/mol. The van der Waals surface area contributed by atoms with Gasteiger partial charge in [-0.1, -0.05) is 18.2 Å². The van der Waals surface area contributed by atoms with Gasteiger partial charge in [-0.05, 0) is 22.4 Å². The lowest BCUT2D eigenvalue weighted by Crippen LogP contribution is -2.46. The van der Waals surface area contributed by atoms with Crippen molar-refractivity contribution < 1.29 is 5.11 Å². The van der Waals surface area contributed by atoms with Gasteiger partial charge in [0.05, 0.1) is 12.6 Å². The Morgan fingerprint density at radius 1 is 1.28 bits per heavy atom. The summed E-state index contributed by atoms with van der Waals surface area (Å²) < 4.78 is 1.31. The fraction of sp³-hybridized carbons (Fsp3) is 0.429. The van der Waals surface area contributed by atoms with Gasteiger partial charge in [0.25, 0.3) is 0 Å². The summed E-state index contributed by atoms with van der Waals surface area (Å²) >= 11 is 1.77. The molecule has 2 heterocycles. The van der Waals surface area contributed by atoms with Crippen molar-refractivity contribution >= 4 is 21.4 Å². The highest BCUT2D eigenvalue weighted by molar-refractivity contribution is 7.17. The van der Waals surface area contributed by atoms with E-state index in [0.29, 0.717) is 0 Å². The second kappa shape index (κ2) is 5.36. The molecule has 3 rings (SSSR count). The first-order chi connectivity index (χ1) is 8.90. The van der Waals surface area contributed by atoms with Gasteiger partial charge in [0.15, 0.2) is 0 Å². The predicted octanol–water partition coefficient (Wildman–Crippen LogP) is 1.84. The van der Waals surface area contributed by atoms with E-state index in [1.807, 2.05) is 0 Å². The van der Waals surface area contributed by atoms with Crippen molar-refractivity contribution in [2.45, 2.75) is 6.04 Å². The molecule has 3 nitrogen and oxygen atoms in total. The average Bonchev–Trinajstić information content (AvgIpc) is 2.85. The summed E-state index contributed by atoms with van der Waals surface area (Å²) in [7, 11) is 0. The van der Waals surface area contributed by atoms with Crippen LogP contribution in [0.5, 0.6) is 0 Å². The summed E-state index contributed by atoms with van der Waals surface area (Å²) in [6, 6.07) is 8.59. The molecule has 0 bridgehead atoms. The lowest BCUT2D eigenvalue weighted by molar-refractivity contribution is 0.112. The second-order valence-electron chi connectivity index (χ2n) is 4.67. The number of piperazine rings is 1. The Balaban J connectivity index is 1.95. The van der Waals surface area contributed by atoms with Crippen LogP contribution in [0.3, 0.4) is 0 Å². The number of nitrogens with one attached hydrogen (secondary N) is 1. The molecule has 0 aliphatic carbocycles. The van der Waals surface area contributed by atoms with Crippen LogP contribution in [-0.2, 0) is 0 Å². The molecule has 0 saturated carbocycles. The standard InChI is InChI=1S/C14H18N2OS/c17-9-13(16-7-5-15-6-8-16)12-10-18-14-4-2-1-3-11(12)14/h1-4,10,13,15,17H,5-9H2. The number of hydrogen-bond acceptors (Lipinski definition) is 4. The zero-order valence-electron chi connectivity index (χ0n) is 10.3. The Kier molecular flexibility index (Phi) is 3.61. The fourth-order valence-electron chi connectivity index (χ4n) is 2.66. The molecule has 1 unspecified atom stereocenters. The number of fused-ring (bicyclic) bond motifs is 1. The van der Waals surface area contributed by atoms with Crippen molar-refractivity contribution in [2.24, 2.45) is 0 Å². The van der Waals surface area contributed by atoms with Crippen molar-refractivity contribution in [1.29, 1.82) is 0 Å². The third-order valence-corrected chi connectivity index (χ3v) is 4.62. The minimum Gasteiger partial charge on any atom is -0.394 e. The lowest BCUT2D eigenvalue weighted by Gasteiger charge is -2.33. The molecule has 1 atom stereocenters. The average molecular weight is 262 g/mol. The van der Waals surface area contributed by atoms with E-state index in [-0.39, 0.29) is 12.6 Å². The van der Waals surface area contributed by atoms with Crippen LogP contribution in [0.15, 0.2) is 29.6 Å². The van der Waals surface area contributed by atoms with Gasteiger partial charge >= 0.3 is 0 Å². The highest BCUT2D eigenvalue weighted by Crippen LogP contribution is 2.32. The number of rotatable bonds is 3. The summed E-state index contributed by atoms with van der Waals surface area (Å²) in [5, 5.41) is 16.6. The number of aliphatic hydroxyl groups is 1. The van der Waals surface area contributed by atoms with Gasteiger partial charge in [0.2, 0.25) is 0 Å². The van der Waals surface area contributed by atoms with Gasteiger partial charge in [-0.25, -0.2) is 0 Å². The zero-order chi connectivity index (χ0) is 12.4. The van der Waals surface area contributed by atoms with Crippen molar-refractivity contribution in [3.63, 3.8) is 0 Å². The van der Waals surface area contributed by atoms with Gasteiger partial charge in [-0.15, -0.1) is 11.3 Å². The number of aliphatic hydroxyl groups excluding tert-OH is 1. The van der Waals surface area contributed by atoms with Crippen molar-refractivity contribution in [3.8, 4) is 0 Å². The molecule has 1 aromatic heterocycles. The number of thiophene rings is 1. The number of nitrogens with zero attached hydrogens (tertiary/aromatic N) is 1. The molecular weight excluding hydrogens is 244 g/mol. The minimum atomic E-state index is 0.142. The van der Waals surface area contributed by atoms with Crippen LogP contribution in [-0.4, -0.2) is 42.8 Å². The molecule has 2 N–H and O–H groups in total. The number of hydrogen-bond donors (Lipinski definition) is 2. The summed E-state index contributed by atoms with van der Waals surface area (Å²) in [4.78, 5) is 2.38. The van der Waals surface area contributed by atoms with Crippen molar-refractivity contribution in [2.75, 3.05) is 32.8 Å². The van der Waals surface area contributed by atoms with Gasteiger partial charge < -0.3 is 10.4 Å². The Hall–Kier alpha value is -0.940. The van der Waals surface area contributed by atoms with Crippen molar-refractivity contribution in [1.82, 2.24) is 10.2 Å². The Bertz CT molecular complexity index is 519. The minimum absolute atomic E-state index is 0.142. The summed E-state index contributed by atoms with van der Waals surface area (Å²) in [5.41, 5.74) is 1.28. The maximum absolute atomic E-state index is 9.75. The molecular formula is C14H18N2OS. The van der Waals surface area contributed by atoms with Gasteiger partial charge in [0, 0.05) is 30.9 Å². The Labute approximate surface area is 111 Å². The van der Waals surface area contributed by atoms with Crippen LogP contribution >= 0.6 is 11.3 Å². The normalized spacial score (nSPS) is 19.2. The van der Waals surface area contributed by atoms with E-state index in [2.05, 4.69) is 39.9 Å². The lowest BCUT2D eigenvalue weighted by atomic mass is 10.0. The first-order valence-electron chi connectivity index (χ1n) is 6.42. The summed E-state index contributed by atoms with van der Waals surface area (Å²) in [6.07, 6.45) is 0. The van der Waals surface area contributed by atoms with E-state index < -0.39 is 0 Å². The molecule has 1 saturated heterocycles. The third kappa shape index (κ3) is 2.17. The monoisotopic (exact) mass is 262 g/mol. The van der Waals surface area contributed by atoms with E-state index in [9.17, 15) is 5.11 Å². The van der Waals surface area contributed by atoms with Crippen LogP contribution in [0, 0.1) is 0 Å². The summed E-state index contributed by atoms with van der Waals surface area (Å²) in [6.45, 7) is 4.24. The molecule has 4 heteroatoms. The van der Waals surface area contributed by atoms with E-state index in [1.54, 1.807) is 11.3 Å². The molecule has 1 aromatic carbocycles. The van der Waals surface area contributed by atoms with Crippen molar-refractivity contribution in [3.05, 3.63) is 35.2 Å². The Morgan fingerprint density at radius 2 is 2.06 bits per heavy atom. The van der Waals surface area contributed by atoms with Gasteiger partial charge in [-0.3, -0.25) is 4.90 Å². The zero-order valence-corrected chi connectivity index (χ0v) is 11.1. The Morgan fingerprint density at radius 3 is 2.83 bits per heavy atom. The molecule has 1 fully saturated rings. The smallest absolute Gasteiger partial charge is 0.0629 e. The molecule has 0 radical (unpaired) electrons. The topological polar surface area (TPSA) is 35.5 Å². The SMILES string of the molecule is OCC(c1csc2ccccc12)N1CCNCC1. The number of benzene rings is 1. The molecule has 1 aliphatic rings. The van der Waals surface area contributed by atoms with Gasteiger partial charge in [0.1, 0.15) is 0 Å². The van der Waals surface area contributed by atoms with Crippen LogP contribution in [0.25, 0.3) is 10.1 Å². The molecule has 96 valence electrons. The van der Waals surface area contributed by atoms with Crippen LogP contribution in [0.1, 0.15) is 11.6 Å². The molecule has 0 spiro atoms. The highest BCUT2D eigenvalue weighted by atomic mass is 32.1. The highest BCUT2D eigenvalue weighted by Gasteiger charge is 2.23. The summed E-state index contributed by atoms with van der Waals surface area (Å²) in [5.74, 6) is 0. The molecule has 18 heavy (non-hydrogen) atoms. The second-order valence-corrected chi connectivity index (χ2v) is 5.58. The third-order valence-electron chi connectivity index (χ3n) is 3.64. The van der Waals surface area contributed by atoms with Crippen LogP contribution in [0.4, 0.5) is 0 Å². The molecule has 1 aliphatic heterocycles. The van der Waals surface area contributed by atoms with Crippen LogP contribution < -0.4 is 5.32 Å².